The van der Waals surface area contributed by atoms with Crippen molar-refractivity contribution in [1.29, 1.82) is 0 Å². The molecule has 4 heterocycles. The number of carbonyl (C=O) groups excluding carboxylic acids is 1. The number of benzene rings is 1. The summed E-state index contributed by atoms with van der Waals surface area (Å²) in [7, 11) is -3.62. The lowest BCUT2D eigenvalue weighted by atomic mass is 9.96. The molecule has 1 amide bonds. The third-order valence-corrected chi connectivity index (χ3v) is 10.8. The molecular weight excluding hydrogens is 552 g/mol. The molecule has 0 saturated carbocycles. The summed E-state index contributed by atoms with van der Waals surface area (Å²) in [4.78, 5) is 24.4. The Morgan fingerprint density at radius 1 is 1.14 bits per heavy atom. The van der Waals surface area contributed by atoms with Crippen molar-refractivity contribution in [3.05, 3.63) is 64.8 Å². The van der Waals surface area contributed by atoms with Gasteiger partial charge >= 0.3 is 0 Å². The van der Waals surface area contributed by atoms with Crippen LogP contribution in [0, 0.1) is 5.92 Å². The van der Waals surface area contributed by atoms with Crippen LogP contribution in [-0.2, 0) is 21.4 Å². The van der Waals surface area contributed by atoms with Gasteiger partial charge in [0.15, 0.2) is 5.13 Å². The molecule has 194 valence electrons. The van der Waals surface area contributed by atoms with Crippen molar-refractivity contribution in [3.63, 3.8) is 0 Å². The van der Waals surface area contributed by atoms with Crippen LogP contribution < -0.4 is 9.64 Å². The van der Waals surface area contributed by atoms with Gasteiger partial charge in [0, 0.05) is 31.4 Å². The maximum Gasteiger partial charge on any atom is 0.252 e. The second-order valence-electron chi connectivity index (χ2n) is 8.58. The lowest BCUT2D eigenvalue weighted by Gasteiger charge is -2.32. The van der Waals surface area contributed by atoms with Crippen LogP contribution in [0.2, 0.25) is 4.34 Å². The highest BCUT2D eigenvalue weighted by Crippen LogP contribution is 2.35. The highest BCUT2D eigenvalue weighted by Gasteiger charge is 2.35. The molecule has 5 rings (SSSR count). The summed E-state index contributed by atoms with van der Waals surface area (Å²) >= 11 is 8.44. The number of carbonyl (C=O) groups is 1. The summed E-state index contributed by atoms with van der Waals surface area (Å²) < 4.78 is 34.7. The highest BCUT2D eigenvalue weighted by atomic mass is 35.5. The second kappa shape index (κ2) is 11.0. The van der Waals surface area contributed by atoms with Crippen LogP contribution in [0.4, 0.5) is 5.13 Å². The summed E-state index contributed by atoms with van der Waals surface area (Å²) in [6, 6.07) is 12.6. The number of thiazole rings is 1. The topological polar surface area (TPSA) is 92.7 Å². The molecule has 12 heteroatoms. The quantitative estimate of drug-likeness (QED) is 0.277. The Kier molecular flexibility index (Phi) is 7.77. The Balaban J connectivity index is 1.37. The van der Waals surface area contributed by atoms with E-state index in [2.05, 4.69) is 4.98 Å². The molecule has 4 aromatic rings. The average Bonchev–Trinajstić information content (AvgIpc) is 3.54. The van der Waals surface area contributed by atoms with Crippen molar-refractivity contribution >= 4 is 65.6 Å². The van der Waals surface area contributed by atoms with Gasteiger partial charge < -0.3 is 4.74 Å². The predicted octanol–water partition coefficient (Wildman–Crippen LogP) is 5.44. The van der Waals surface area contributed by atoms with E-state index < -0.39 is 10.0 Å². The van der Waals surface area contributed by atoms with Gasteiger partial charge in [-0.1, -0.05) is 22.9 Å². The summed E-state index contributed by atoms with van der Waals surface area (Å²) in [5.74, 6) is 0.390. The maximum absolute atomic E-state index is 13.8. The molecule has 0 spiro atoms. The fourth-order valence-electron chi connectivity index (χ4n) is 4.30. The monoisotopic (exact) mass is 576 g/mol. The van der Waals surface area contributed by atoms with Gasteiger partial charge in [0.25, 0.3) is 10.0 Å². The van der Waals surface area contributed by atoms with Crippen molar-refractivity contribution in [2.45, 2.75) is 30.5 Å². The van der Waals surface area contributed by atoms with Gasteiger partial charge in [-0.2, -0.15) is 4.31 Å². The summed E-state index contributed by atoms with van der Waals surface area (Å²) in [5, 5.41) is 0.605. The van der Waals surface area contributed by atoms with Crippen LogP contribution in [0.1, 0.15) is 25.3 Å². The van der Waals surface area contributed by atoms with E-state index in [9.17, 15) is 13.2 Å². The zero-order valence-electron chi connectivity index (χ0n) is 20.0. The number of hydrogen-bond donors (Lipinski definition) is 0. The third-order valence-electron chi connectivity index (χ3n) is 6.19. The Hall–Kier alpha value is -2.57. The van der Waals surface area contributed by atoms with Gasteiger partial charge in [-0.3, -0.25) is 14.7 Å². The first kappa shape index (κ1) is 26.1. The van der Waals surface area contributed by atoms with E-state index in [1.54, 1.807) is 23.4 Å². The van der Waals surface area contributed by atoms with Gasteiger partial charge in [0.2, 0.25) is 5.91 Å². The van der Waals surface area contributed by atoms with Gasteiger partial charge in [-0.15, -0.1) is 11.3 Å². The number of thiophene rings is 1. The molecule has 0 N–H and O–H groups in total. The molecule has 1 fully saturated rings. The van der Waals surface area contributed by atoms with Gasteiger partial charge in [-0.05, 0) is 67.8 Å². The number of aromatic nitrogens is 2. The van der Waals surface area contributed by atoms with Gasteiger partial charge in [0.05, 0.1) is 27.7 Å². The van der Waals surface area contributed by atoms with Crippen molar-refractivity contribution in [3.8, 4) is 5.75 Å². The van der Waals surface area contributed by atoms with Crippen LogP contribution in [-0.4, -0.2) is 48.3 Å². The SMILES string of the molecule is CCOc1ccc2nc(N(Cc3ccncc3)C(=O)C3CCN(S(=O)(=O)c4ccc(Cl)s4)CC3)sc2c1. The number of piperidine rings is 1. The number of pyridine rings is 1. The van der Waals surface area contributed by atoms with E-state index in [1.165, 1.54) is 21.7 Å². The van der Waals surface area contributed by atoms with Crippen LogP contribution >= 0.6 is 34.3 Å². The molecule has 0 radical (unpaired) electrons. The average molecular weight is 577 g/mol. The molecule has 1 aliphatic heterocycles. The van der Waals surface area contributed by atoms with Crippen molar-refractivity contribution in [2.75, 3.05) is 24.6 Å². The lowest BCUT2D eigenvalue weighted by Crippen LogP contribution is -2.44. The zero-order valence-corrected chi connectivity index (χ0v) is 23.2. The normalized spacial score (nSPS) is 15.2. The predicted molar refractivity (Wildman–Crippen MR) is 147 cm³/mol. The minimum absolute atomic E-state index is 0.0582. The number of sulfonamides is 1. The summed E-state index contributed by atoms with van der Waals surface area (Å²) in [6.07, 6.45) is 4.27. The number of hydrogen-bond acceptors (Lipinski definition) is 8. The van der Waals surface area contributed by atoms with Crippen LogP contribution in [0.3, 0.4) is 0 Å². The molecule has 0 atom stereocenters. The van der Waals surface area contributed by atoms with Gasteiger partial charge in [0.1, 0.15) is 9.96 Å². The Morgan fingerprint density at radius 3 is 2.57 bits per heavy atom. The lowest BCUT2D eigenvalue weighted by molar-refractivity contribution is -0.123. The second-order valence-corrected chi connectivity index (χ2v) is 13.5. The first-order valence-electron chi connectivity index (χ1n) is 11.8. The zero-order chi connectivity index (χ0) is 26.0. The summed E-state index contributed by atoms with van der Waals surface area (Å²) in [5.41, 5.74) is 1.73. The number of ether oxygens (including phenoxy) is 1. The first-order valence-corrected chi connectivity index (χ1v) is 15.3. The van der Waals surface area contributed by atoms with Crippen molar-refractivity contribution in [1.82, 2.24) is 14.3 Å². The van der Waals surface area contributed by atoms with E-state index >= 15 is 0 Å². The molecule has 3 aromatic heterocycles. The van der Waals surface area contributed by atoms with Crippen molar-refractivity contribution < 1.29 is 17.9 Å². The number of rotatable bonds is 8. The number of anilines is 1. The van der Waals surface area contributed by atoms with Crippen LogP contribution in [0.5, 0.6) is 5.75 Å². The minimum atomic E-state index is -3.62. The maximum atomic E-state index is 13.8. The molecule has 1 aromatic carbocycles. The Bertz CT molecular complexity index is 1500. The molecule has 1 saturated heterocycles. The number of amides is 1. The summed E-state index contributed by atoms with van der Waals surface area (Å²) in [6.45, 7) is 3.40. The van der Waals surface area contributed by atoms with E-state index in [4.69, 9.17) is 21.3 Å². The molecule has 1 aliphatic rings. The number of halogens is 1. The number of fused-ring (bicyclic) bond motifs is 1. The standard InChI is InChI=1S/C25H25ClN4O4S3/c1-2-34-19-3-4-20-21(15-19)35-25(28-20)30(16-17-7-11-27-12-8-17)24(31)18-9-13-29(14-10-18)37(32,33)23-6-5-22(26)36-23/h3-8,11-12,15,18H,2,9-10,13-14,16H2,1H3. The molecule has 37 heavy (non-hydrogen) atoms. The fraction of sp³-hybridized carbons (Fsp3) is 0.320. The molecule has 0 bridgehead atoms. The van der Waals surface area contributed by atoms with E-state index in [-0.39, 0.29) is 29.1 Å². The fourth-order valence-corrected chi connectivity index (χ4v) is 8.41. The Morgan fingerprint density at radius 2 is 1.89 bits per heavy atom. The largest absolute Gasteiger partial charge is 0.494 e. The molecule has 0 unspecified atom stereocenters. The highest BCUT2D eigenvalue weighted by molar-refractivity contribution is 7.91. The minimum Gasteiger partial charge on any atom is -0.494 e. The van der Waals surface area contributed by atoms with Crippen LogP contribution in [0.15, 0.2) is 59.1 Å². The first-order chi connectivity index (χ1) is 17.8. The molecular formula is C25H25ClN4O4S3. The smallest absolute Gasteiger partial charge is 0.252 e. The third kappa shape index (κ3) is 5.65. The van der Waals surface area contributed by atoms with E-state index in [0.29, 0.717) is 35.5 Å². The van der Waals surface area contributed by atoms with E-state index in [1.807, 2.05) is 37.3 Å². The number of nitrogens with zero attached hydrogens (tertiary/aromatic N) is 4. The van der Waals surface area contributed by atoms with E-state index in [0.717, 1.165) is 32.9 Å². The molecule has 8 nitrogen and oxygen atoms in total. The van der Waals surface area contributed by atoms with Crippen LogP contribution in [0.25, 0.3) is 10.2 Å². The molecule has 0 aliphatic carbocycles. The van der Waals surface area contributed by atoms with Crippen molar-refractivity contribution in [2.24, 2.45) is 5.92 Å². The Labute approximate surface area is 228 Å². The van der Waals surface area contributed by atoms with Gasteiger partial charge in [-0.25, -0.2) is 13.4 Å².